The van der Waals surface area contributed by atoms with Gasteiger partial charge in [0.15, 0.2) is 11.5 Å². The van der Waals surface area contributed by atoms with Gasteiger partial charge < -0.3 is 5.73 Å². The fraction of sp³-hybridized carbons (Fsp3) is 0.286. The maximum absolute atomic E-state index is 5.59. The lowest BCUT2D eigenvalue weighted by atomic mass is 10.4. The van der Waals surface area contributed by atoms with Crippen LogP contribution in [0.3, 0.4) is 0 Å². The summed E-state index contributed by atoms with van der Waals surface area (Å²) in [6.45, 7) is 2.04. The maximum Gasteiger partial charge on any atom is 0.196 e. The second kappa shape index (κ2) is 2.44. The first kappa shape index (κ1) is 7.02. The number of aromatic nitrogens is 4. The van der Waals surface area contributed by atoms with E-state index in [1.807, 2.05) is 6.92 Å². The van der Waals surface area contributed by atoms with Crippen molar-refractivity contribution in [1.82, 2.24) is 19.6 Å². The first-order chi connectivity index (χ1) is 5.83. The molecular weight excluding hydrogens is 154 g/mol. The van der Waals surface area contributed by atoms with Crippen LogP contribution in [-0.2, 0) is 6.42 Å². The summed E-state index contributed by atoms with van der Waals surface area (Å²) in [5.74, 6) is 0.421. The highest BCUT2D eigenvalue weighted by Gasteiger charge is 2.04. The average Bonchev–Trinajstić information content (AvgIpc) is 2.49. The standard InChI is InChI=1S/C7H9N5/c1-2-5-3-9-7-6(8)10-4-11-12(5)7/h3-4H,2H2,1H3,(H2,8,10,11). The van der Waals surface area contributed by atoms with Crippen molar-refractivity contribution in [2.45, 2.75) is 13.3 Å². The predicted octanol–water partition coefficient (Wildman–Crippen LogP) is 0.269. The second-order valence-corrected chi connectivity index (χ2v) is 2.48. The van der Waals surface area contributed by atoms with Gasteiger partial charge in [-0.25, -0.2) is 14.5 Å². The van der Waals surface area contributed by atoms with Gasteiger partial charge in [-0.1, -0.05) is 6.92 Å². The van der Waals surface area contributed by atoms with Crippen molar-refractivity contribution in [2.75, 3.05) is 5.73 Å². The van der Waals surface area contributed by atoms with E-state index in [4.69, 9.17) is 5.73 Å². The van der Waals surface area contributed by atoms with Crippen LogP contribution in [0.1, 0.15) is 12.6 Å². The lowest BCUT2D eigenvalue weighted by molar-refractivity contribution is 0.839. The zero-order valence-corrected chi connectivity index (χ0v) is 6.73. The third-order valence-corrected chi connectivity index (χ3v) is 1.76. The molecule has 0 atom stereocenters. The van der Waals surface area contributed by atoms with Crippen LogP contribution in [0.2, 0.25) is 0 Å². The number of imidazole rings is 1. The Bertz CT molecular complexity index is 405. The summed E-state index contributed by atoms with van der Waals surface area (Å²) in [6, 6.07) is 0. The molecule has 0 saturated carbocycles. The molecule has 0 unspecified atom stereocenters. The molecule has 62 valence electrons. The molecule has 0 aliphatic heterocycles. The molecule has 2 heterocycles. The summed E-state index contributed by atoms with van der Waals surface area (Å²) in [5, 5.41) is 4.04. The topological polar surface area (TPSA) is 69.1 Å². The normalized spacial score (nSPS) is 10.8. The molecule has 2 aromatic heterocycles. The van der Waals surface area contributed by atoms with Gasteiger partial charge in [0.25, 0.3) is 0 Å². The molecule has 2 rings (SSSR count). The fourth-order valence-electron chi connectivity index (χ4n) is 1.12. The molecule has 0 fully saturated rings. The van der Waals surface area contributed by atoms with Gasteiger partial charge in [0.05, 0.1) is 11.9 Å². The quantitative estimate of drug-likeness (QED) is 0.655. The SMILES string of the molecule is CCc1cnc2c(N)ncnn12. The van der Waals surface area contributed by atoms with E-state index in [2.05, 4.69) is 15.1 Å². The van der Waals surface area contributed by atoms with E-state index in [1.165, 1.54) is 6.33 Å². The van der Waals surface area contributed by atoms with Crippen molar-refractivity contribution in [3.05, 3.63) is 18.2 Å². The second-order valence-electron chi connectivity index (χ2n) is 2.48. The number of nitrogens with zero attached hydrogens (tertiary/aromatic N) is 4. The van der Waals surface area contributed by atoms with E-state index in [0.29, 0.717) is 11.5 Å². The Hall–Kier alpha value is -1.65. The molecule has 2 N–H and O–H groups in total. The predicted molar refractivity (Wildman–Crippen MR) is 44.6 cm³/mol. The average molecular weight is 163 g/mol. The van der Waals surface area contributed by atoms with Crippen molar-refractivity contribution in [3.63, 3.8) is 0 Å². The summed E-state index contributed by atoms with van der Waals surface area (Å²) in [4.78, 5) is 7.94. The number of hydrogen-bond acceptors (Lipinski definition) is 4. The van der Waals surface area contributed by atoms with E-state index < -0.39 is 0 Å². The first-order valence-electron chi connectivity index (χ1n) is 3.76. The van der Waals surface area contributed by atoms with Crippen LogP contribution in [0.15, 0.2) is 12.5 Å². The molecule has 0 aromatic carbocycles. The number of anilines is 1. The highest BCUT2D eigenvalue weighted by Crippen LogP contribution is 2.08. The number of rotatable bonds is 1. The minimum absolute atomic E-state index is 0.421. The van der Waals surface area contributed by atoms with E-state index in [0.717, 1.165) is 12.1 Å². The van der Waals surface area contributed by atoms with Crippen LogP contribution in [0, 0.1) is 0 Å². The molecule has 0 amide bonds. The summed E-state index contributed by atoms with van der Waals surface area (Å²) >= 11 is 0. The zero-order valence-electron chi connectivity index (χ0n) is 6.73. The third kappa shape index (κ3) is 0.827. The Morgan fingerprint density at radius 3 is 3.08 bits per heavy atom. The lowest BCUT2D eigenvalue weighted by Gasteiger charge is -1.96. The Kier molecular flexibility index (Phi) is 1.43. The van der Waals surface area contributed by atoms with Crippen molar-refractivity contribution in [3.8, 4) is 0 Å². The Labute approximate surface area is 69.2 Å². The van der Waals surface area contributed by atoms with Crippen LogP contribution in [0.5, 0.6) is 0 Å². The Morgan fingerprint density at radius 1 is 1.50 bits per heavy atom. The zero-order chi connectivity index (χ0) is 8.55. The van der Waals surface area contributed by atoms with Crippen LogP contribution >= 0.6 is 0 Å². The first-order valence-corrected chi connectivity index (χ1v) is 3.76. The molecule has 0 radical (unpaired) electrons. The molecule has 0 aliphatic carbocycles. The number of fused-ring (bicyclic) bond motifs is 1. The smallest absolute Gasteiger partial charge is 0.196 e. The van der Waals surface area contributed by atoms with Gasteiger partial charge in [-0.2, -0.15) is 5.10 Å². The van der Waals surface area contributed by atoms with Gasteiger partial charge in [-0.3, -0.25) is 0 Å². The summed E-state index contributed by atoms with van der Waals surface area (Å²) in [6.07, 6.45) is 4.08. The largest absolute Gasteiger partial charge is 0.381 e. The van der Waals surface area contributed by atoms with Gasteiger partial charge >= 0.3 is 0 Å². The summed E-state index contributed by atoms with van der Waals surface area (Å²) < 4.78 is 1.71. The molecule has 12 heavy (non-hydrogen) atoms. The monoisotopic (exact) mass is 163 g/mol. The highest BCUT2D eigenvalue weighted by molar-refractivity contribution is 5.58. The lowest BCUT2D eigenvalue weighted by Crippen LogP contribution is -2.01. The minimum Gasteiger partial charge on any atom is -0.381 e. The number of nitrogens with two attached hydrogens (primary N) is 1. The summed E-state index contributed by atoms with van der Waals surface area (Å²) in [7, 11) is 0. The number of hydrogen-bond donors (Lipinski definition) is 1. The third-order valence-electron chi connectivity index (χ3n) is 1.76. The van der Waals surface area contributed by atoms with E-state index in [9.17, 15) is 0 Å². The van der Waals surface area contributed by atoms with Gasteiger partial charge in [0.1, 0.15) is 6.33 Å². The number of aryl methyl sites for hydroxylation is 1. The van der Waals surface area contributed by atoms with Gasteiger partial charge in [0.2, 0.25) is 0 Å². The molecule has 0 saturated heterocycles. The van der Waals surface area contributed by atoms with E-state index >= 15 is 0 Å². The van der Waals surface area contributed by atoms with Gasteiger partial charge in [0, 0.05) is 0 Å². The van der Waals surface area contributed by atoms with Crippen molar-refractivity contribution < 1.29 is 0 Å². The summed E-state index contributed by atoms with van der Waals surface area (Å²) in [5.41, 5.74) is 7.26. The fourth-order valence-corrected chi connectivity index (χ4v) is 1.12. The molecule has 0 spiro atoms. The molecule has 5 nitrogen and oxygen atoms in total. The molecule has 2 aromatic rings. The minimum atomic E-state index is 0.421. The van der Waals surface area contributed by atoms with Gasteiger partial charge in [-0.05, 0) is 6.42 Å². The van der Waals surface area contributed by atoms with Crippen LogP contribution < -0.4 is 5.73 Å². The van der Waals surface area contributed by atoms with Crippen molar-refractivity contribution >= 4 is 11.5 Å². The molecule has 5 heteroatoms. The van der Waals surface area contributed by atoms with Crippen LogP contribution in [0.4, 0.5) is 5.82 Å². The van der Waals surface area contributed by atoms with Gasteiger partial charge in [-0.15, -0.1) is 0 Å². The van der Waals surface area contributed by atoms with Crippen LogP contribution in [-0.4, -0.2) is 19.6 Å². The molecular formula is C7H9N5. The number of nitrogen functional groups attached to an aromatic ring is 1. The maximum atomic E-state index is 5.59. The Balaban J connectivity index is 2.80. The van der Waals surface area contributed by atoms with Crippen molar-refractivity contribution in [2.24, 2.45) is 0 Å². The van der Waals surface area contributed by atoms with E-state index in [1.54, 1.807) is 10.7 Å². The van der Waals surface area contributed by atoms with Crippen molar-refractivity contribution in [1.29, 1.82) is 0 Å². The molecule has 0 bridgehead atoms. The Morgan fingerprint density at radius 2 is 2.33 bits per heavy atom. The highest BCUT2D eigenvalue weighted by atomic mass is 15.3. The van der Waals surface area contributed by atoms with E-state index in [-0.39, 0.29) is 0 Å². The van der Waals surface area contributed by atoms with Crippen LogP contribution in [0.25, 0.3) is 5.65 Å². The molecule has 0 aliphatic rings.